The van der Waals surface area contributed by atoms with Crippen molar-refractivity contribution in [2.75, 3.05) is 5.32 Å². The molecule has 3 N–H and O–H groups in total. The SMILES string of the molecule is CC1NC(C(=O)Nc2ccc3[nH]ncc3c2)c2ccccc21. The van der Waals surface area contributed by atoms with Gasteiger partial charge in [-0.2, -0.15) is 5.10 Å². The second-order valence-electron chi connectivity index (χ2n) is 5.61. The van der Waals surface area contributed by atoms with Crippen LogP contribution in [0.2, 0.25) is 0 Å². The van der Waals surface area contributed by atoms with E-state index in [9.17, 15) is 4.79 Å². The van der Waals surface area contributed by atoms with Crippen molar-refractivity contribution in [1.82, 2.24) is 15.5 Å². The van der Waals surface area contributed by atoms with E-state index in [1.54, 1.807) is 6.20 Å². The number of anilines is 1. The molecule has 0 spiro atoms. The first-order valence-electron chi connectivity index (χ1n) is 7.31. The molecule has 2 unspecified atom stereocenters. The topological polar surface area (TPSA) is 69.8 Å². The fraction of sp³-hybridized carbons (Fsp3) is 0.176. The zero-order valence-corrected chi connectivity index (χ0v) is 12.1. The monoisotopic (exact) mass is 292 g/mol. The number of carbonyl (C=O) groups is 1. The highest BCUT2D eigenvalue weighted by molar-refractivity contribution is 5.98. The van der Waals surface area contributed by atoms with Crippen LogP contribution in [0.5, 0.6) is 0 Å². The summed E-state index contributed by atoms with van der Waals surface area (Å²) < 4.78 is 0. The molecule has 1 aromatic heterocycles. The van der Waals surface area contributed by atoms with Crippen molar-refractivity contribution in [1.29, 1.82) is 0 Å². The van der Waals surface area contributed by atoms with E-state index in [4.69, 9.17) is 0 Å². The third-order valence-corrected chi connectivity index (χ3v) is 4.16. The molecule has 5 heteroatoms. The van der Waals surface area contributed by atoms with Crippen LogP contribution in [0.4, 0.5) is 5.69 Å². The van der Waals surface area contributed by atoms with Crippen molar-refractivity contribution in [3.05, 3.63) is 59.8 Å². The van der Waals surface area contributed by atoms with Gasteiger partial charge in [-0.25, -0.2) is 0 Å². The molecule has 3 aromatic rings. The number of aromatic amines is 1. The van der Waals surface area contributed by atoms with E-state index in [1.165, 1.54) is 5.56 Å². The molecule has 22 heavy (non-hydrogen) atoms. The number of nitrogens with one attached hydrogen (secondary N) is 3. The summed E-state index contributed by atoms with van der Waals surface area (Å²) in [7, 11) is 0. The number of hydrogen-bond donors (Lipinski definition) is 3. The van der Waals surface area contributed by atoms with Crippen molar-refractivity contribution in [2.45, 2.75) is 19.0 Å². The Labute approximate surface area is 127 Å². The quantitative estimate of drug-likeness (QED) is 0.680. The molecule has 0 aliphatic carbocycles. The first-order valence-corrected chi connectivity index (χ1v) is 7.31. The lowest BCUT2D eigenvalue weighted by Gasteiger charge is -2.13. The summed E-state index contributed by atoms with van der Waals surface area (Å²) >= 11 is 0. The second kappa shape index (κ2) is 4.96. The number of aromatic nitrogens is 2. The molecule has 1 aliphatic heterocycles. The average Bonchev–Trinajstić information content (AvgIpc) is 3.12. The summed E-state index contributed by atoms with van der Waals surface area (Å²) in [6.07, 6.45) is 1.75. The van der Waals surface area contributed by atoms with E-state index in [-0.39, 0.29) is 18.0 Å². The van der Waals surface area contributed by atoms with Gasteiger partial charge in [0.1, 0.15) is 6.04 Å². The Kier molecular flexibility index (Phi) is 2.94. The van der Waals surface area contributed by atoms with Gasteiger partial charge in [0.2, 0.25) is 5.91 Å². The van der Waals surface area contributed by atoms with Crippen LogP contribution in [-0.2, 0) is 4.79 Å². The van der Waals surface area contributed by atoms with Gasteiger partial charge in [-0.1, -0.05) is 24.3 Å². The Balaban J connectivity index is 1.60. The molecule has 2 heterocycles. The summed E-state index contributed by atoms with van der Waals surface area (Å²) in [6.45, 7) is 2.07. The van der Waals surface area contributed by atoms with Gasteiger partial charge in [0.05, 0.1) is 11.7 Å². The van der Waals surface area contributed by atoms with Gasteiger partial charge in [-0.05, 0) is 36.2 Å². The first kappa shape index (κ1) is 13.0. The molecular weight excluding hydrogens is 276 g/mol. The largest absolute Gasteiger partial charge is 0.324 e. The maximum Gasteiger partial charge on any atom is 0.246 e. The van der Waals surface area contributed by atoms with Gasteiger partial charge < -0.3 is 5.32 Å². The highest BCUT2D eigenvalue weighted by atomic mass is 16.2. The lowest BCUT2D eigenvalue weighted by Crippen LogP contribution is -2.29. The highest BCUT2D eigenvalue weighted by Gasteiger charge is 2.32. The lowest BCUT2D eigenvalue weighted by molar-refractivity contribution is -0.118. The molecule has 0 saturated carbocycles. The fourth-order valence-electron chi connectivity index (χ4n) is 3.05. The Morgan fingerprint density at radius 3 is 2.86 bits per heavy atom. The minimum absolute atomic E-state index is 0.0420. The highest BCUT2D eigenvalue weighted by Crippen LogP contribution is 2.33. The van der Waals surface area contributed by atoms with Gasteiger partial charge in [-0.15, -0.1) is 0 Å². The number of benzene rings is 2. The predicted molar refractivity (Wildman–Crippen MR) is 85.5 cm³/mol. The molecule has 0 bridgehead atoms. The number of H-pyrrole nitrogens is 1. The molecule has 1 aliphatic rings. The van der Waals surface area contributed by atoms with Gasteiger partial charge in [0, 0.05) is 17.1 Å². The first-order chi connectivity index (χ1) is 10.7. The zero-order valence-electron chi connectivity index (χ0n) is 12.1. The molecule has 0 saturated heterocycles. The van der Waals surface area contributed by atoms with Crippen molar-refractivity contribution in [3.8, 4) is 0 Å². The molecule has 0 radical (unpaired) electrons. The van der Waals surface area contributed by atoms with Crippen LogP contribution >= 0.6 is 0 Å². The third-order valence-electron chi connectivity index (χ3n) is 4.16. The number of amides is 1. The summed E-state index contributed by atoms with van der Waals surface area (Å²) in [5.41, 5.74) is 3.97. The Bertz CT molecular complexity index is 854. The Morgan fingerprint density at radius 1 is 1.18 bits per heavy atom. The maximum absolute atomic E-state index is 12.6. The molecule has 2 aromatic carbocycles. The number of fused-ring (bicyclic) bond motifs is 2. The summed E-state index contributed by atoms with van der Waals surface area (Å²) in [5, 5.41) is 14.2. The van der Waals surface area contributed by atoms with Gasteiger partial charge in [0.15, 0.2) is 0 Å². The van der Waals surface area contributed by atoms with Crippen LogP contribution in [-0.4, -0.2) is 16.1 Å². The van der Waals surface area contributed by atoms with Gasteiger partial charge >= 0.3 is 0 Å². The molecule has 1 amide bonds. The molecule has 0 fully saturated rings. The minimum Gasteiger partial charge on any atom is -0.324 e. The molecule has 5 nitrogen and oxygen atoms in total. The predicted octanol–water partition coefficient (Wildman–Crippen LogP) is 2.91. The van der Waals surface area contributed by atoms with E-state index in [0.29, 0.717) is 0 Å². The van der Waals surface area contributed by atoms with Crippen LogP contribution in [0.1, 0.15) is 30.1 Å². The Morgan fingerprint density at radius 2 is 2.00 bits per heavy atom. The number of carbonyl (C=O) groups excluding carboxylic acids is 1. The van der Waals surface area contributed by atoms with E-state index in [0.717, 1.165) is 22.2 Å². The standard InChI is InChI=1S/C17H16N4O/c1-10-13-4-2-3-5-14(13)16(19-10)17(22)20-12-6-7-15-11(8-12)9-18-21-15/h2-10,16,19H,1H3,(H,18,21)(H,20,22). The Hall–Kier alpha value is -2.66. The smallest absolute Gasteiger partial charge is 0.246 e. The number of hydrogen-bond acceptors (Lipinski definition) is 3. The molecule has 110 valence electrons. The summed E-state index contributed by atoms with van der Waals surface area (Å²) in [5.74, 6) is -0.0420. The molecule has 4 rings (SSSR count). The van der Waals surface area contributed by atoms with Crippen LogP contribution in [0, 0.1) is 0 Å². The number of nitrogens with zero attached hydrogens (tertiary/aromatic N) is 1. The average molecular weight is 292 g/mol. The lowest BCUT2D eigenvalue weighted by atomic mass is 10.0. The molecular formula is C17H16N4O. The third kappa shape index (κ3) is 2.07. The fourth-order valence-corrected chi connectivity index (χ4v) is 3.05. The van der Waals surface area contributed by atoms with Gasteiger partial charge in [0.25, 0.3) is 0 Å². The van der Waals surface area contributed by atoms with Crippen molar-refractivity contribution >= 4 is 22.5 Å². The summed E-state index contributed by atoms with van der Waals surface area (Å²) in [4.78, 5) is 12.6. The van der Waals surface area contributed by atoms with Crippen molar-refractivity contribution < 1.29 is 4.79 Å². The van der Waals surface area contributed by atoms with Crippen LogP contribution in [0.15, 0.2) is 48.7 Å². The van der Waals surface area contributed by atoms with Crippen LogP contribution in [0.25, 0.3) is 10.9 Å². The maximum atomic E-state index is 12.6. The summed E-state index contributed by atoms with van der Waals surface area (Å²) in [6, 6.07) is 13.6. The van der Waals surface area contributed by atoms with E-state index in [2.05, 4.69) is 33.8 Å². The molecule has 2 atom stereocenters. The van der Waals surface area contributed by atoms with E-state index in [1.807, 2.05) is 36.4 Å². The minimum atomic E-state index is -0.314. The zero-order chi connectivity index (χ0) is 15.1. The van der Waals surface area contributed by atoms with Crippen molar-refractivity contribution in [3.63, 3.8) is 0 Å². The van der Waals surface area contributed by atoms with Crippen LogP contribution in [0.3, 0.4) is 0 Å². The van der Waals surface area contributed by atoms with Gasteiger partial charge in [-0.3, -0.25) is 15.2 Å². The van der Waals surface area contributed by atoms with Crippen LogP contribution < -0.4 is 10.6 Å². The van der Waals surface area contributed by atoms with E-state index < -0.39 is 0 Å². The van der Waals surface area contributed by atoms with Crippen molar-refractivity contribution in [2.24, 2.45) is 0 Å². The normalized spacial score (nSPS) is 20.0. The number of rotatable bonds is 2. The second-order valence-corrected chi connectivity index (χ2v) is 5.61. The van der Waals surface area contributed by atoms with E-state index >= 15 is 0 Å².